The first-order chi connectivity index (χ1) is 11.3. The minimum Gasteiger partial charge on any atom is -0.326 e. The number of amides is 1. The van der Waals surface area contributed by atoms with E-state index >= 15 is 0 Å². The molecule has 0 aliphatic rings. The van der Waals surface area contributed by atoms with Crippen LogP contribution in [0.1, 0.15) is 11.1 Å². The van der Waals surface area contributed by atoms with E-state index in [9.17, 15) is 22.4 Å². The number of benzene rings is 2. The number of anilines is 1. The second-order valence-electron chi connectivity index (χ2n) is 5.53. The van der Waals surface area contributed by atoms with E-state index in [1.54, 1.807) is 25.2 Å². The molecule has 3 nitrogen and oxygen atoms in total. The highest BCUT2D eigenvalue weighted by Gasteiger charge is 2.30. The van der Waals surface area contributed by atoms with Gasteiger partial charge in [0.2, 0.25) is 0 Å². The lowest BCUT2D eigenvalue weighted by Gasteiger charge is -2.15. The van der Waals surface area contributed by atoms with Gasteiger partial charge in [0.05, 0.1) is 12.6 Å². The summed E-state index contributed by atoms with van der Waals surface area (Å²) in [6.07, 6.45) is -4.46. The Morgan fingerprint density at radius 1 is 1.12 bits per heavy atom. The molecule has 0 radical (unpaired) electrons. The van der Waals surface area contributed by atoms with Crippen LogP contribution in [-0.4, -0.2) is 19.5 Å². The van der Waals surface area contributed by atoms with Crippen molar-refractivity contribution in [2.24, 2.45) is 0 Å². The number of hydrogen-bond donors (Lipinski definition) is 2. The van der Waals surface area contributed by atoms with Crippen LogP contribution in [0.3, 0.4) is 0 Å². The fraction of sp³-hybridized carbons (Fsp3) is 0.235. The van der Waals surface area contributed by atoms with Crippen molar-refractivity contribution in [3.63, 3.8) is 0 Å². The maximum atomic E-state index is 13.6. The molecule has 0 saturated carbocycles. The van der Waals surface area contributed by atoms with Crippen LogP contribution in [0.25, 0.3) is 0 Å². The molecular formula is C17H17F4N2O+. The zero-order valence-electron chi connectivity index (χ0n) is 13.0. The number of carbonyl (C=O) groups is 1. The molecule has 24 heavy (non-hydrogen) atoms. The summed E-state index contributed by atoms with van der Waals surface area (Å²) in [4.78, 5) is 12.7. The Balaban J connectivity index is 1.95. The molecular weight excluding hydrogens is 324 g/mol. The molecule has 2 N–H and O–H groups in total. The molecule has 0 bridgehead atoms. The lowest BCUT2D eigenvalue weighted by molar-refractivity contribution is -0.885. The van der Waals surface area contributed by atoms with Crippen LogP contribution in [0.15, 0.2) is 48.5 Å². The van der Waals surface area contributed by atoms with Crippen molar-refractivity contribution >= 4 is 11.6 Å². The van der Waals surface area contributed by atoms with Gasteiger partial charge in [-0.25, -0.2) is 4.39 Å². The van der Waals surface area contributed by atoms with E-state index in [2.05, 4.69) is 5.32 Å². The Morgan fingerprint density at radius 2 is 1.83 bits per heavy atom. The van der Waals surface area contributed by atoms with Gasteiger partial charge in [0.1, 0.15) is 12.4 Å². The second-order valence-corrected chi connectivity index (χ2v) is 5.53. The molecule has 0 aliphatic heterocycles. The summed E-state index contributed by atoms with van der Waals surface area (Å²) in [7, 11) is 1.71. The molecule has 2 rings (SSSR count). The van der Waals surface area contributed by atoms with E-state index < -0.39 is 17.6 Å². The fourth-order valence-corrected chi connectivity index (χ4v) is 2.28. The van der Waals surface area contributed by atoms with Gasteiger partial charge in [0.15, 0.2) is 6.54 Å². The van der Waals surface area contributed by atoms with Crippen molar-refractivity contribution in [1.29, 1.82) is 0 Å². The van der Waals surface area contributed by atoms with Crippen molar-refractivity contribution in [2.45, 2.75) is 12.7 Å². The van der Waals surface area contributed by atoms with Crippen LogP contribution >= 0.6 is 0 Å². The number of nitrogens with one attached hydrogen (secondary N) is 2. The first kappa shape index (κ1) is 17.9. The average Bonchev–Trinajstić information content (AvgIpc) is 2.49. The third kappa shape index (κ3) is 5.06. The molecule has 0 aliphatic carbocycles. The summed E-state index contributed by atoms with van der Waals surface area (Å²) in [5.74, 6) is -0.793. The molecule has 7 heteroatoms. The first-order valence-electron chi connectivity index (χ1n) is 7.27. The lowest BCUT2D eigenvalue weighted by Crippen LogP contribution is -3.08. The Morgan fingerprint density at radius 3 is 2.50 bits per heavy atom. The van der Waals surface area contributed by atoms with E-state index in [0.29, 0.717) is 17.0 Å². The quantitative estimate of drug-likeness (QED) is 0.805. The van der Waals surface area contributed by atoms with Gasteiger partial charge in [-0.15, -0.1) is 0 Å². The predicted octanol–water partition coefficient (Wildman–Crippen LogP) is 2.50. The van der Waals surface area contributed by atoms with E-state index in [0.717, 1.165) is 12.1 Å². The van der Waals surface area contributed by atoms with Crippen molar-refractivity contribution in [3.8, 4) is 0 Å². The normalized spacial score (nSPS) is 12.7. The second kappa shape index (κ2) is 7.44. The maximum Gasteiger partial charge on any atom is 0.416 e. The first-order valence-corrected chi connectivity index (χ1v) is 7.27. The molecule has 128 valence electrons. The number of alkyl halides is 3. The molecule has 1 atom stereocenters. The van der Waals surface area contributed by atoms with E-state index in [4.69, 9.17) is 0 Å². The number of quaternary nitrogens is 1. The topological polar surface area (TPSA) is 33.5 Å². The maximum absolute atomic E-state index is 13.6. The van der Waals surface area contributed by atoms with Crippen molar-refractivity contribution < 1.29 is 27.3 Å². The largest absolute Gasteiger partial charge is 0.416 e. The van der Waals surface area contributed by atoms with Gasteiger partial charge in [0.25, 0.3) is 5.91 Å². The highest BCUT2D eigenvalue weighted by Crippen LogP contribution is 2.30. The van der Waals surface area contributed by atoms with Crippen molar-refractivity contribution in [1.82, 2.24) is 0 Å². The van der Waals surface area contributed by atoms with Crippen LogP contribution in [0.2, 0.25) is 0 Å². The lowest BCUT2D eigenvalue weighted by atomic mass is 10.2. The van der Waals surface area contributed by atoms with Crippen molar-refractivity contribution in [3.05, 3.63) is 65.5 Å². The smallest absolute Gasteiger partial charge is 0.326 e. The molecule has 2 aromatic rings. The van der Waals surface area contributed by atoms with E-state index in [1.807, 2.05) is 0 Å². The van der Waals surface area contributed by atoms with Gasteiger partial charge in [-0.1, -0.05) is 24.3 Å². The molecule has 1 unspecified atom stereocenters. The fourth-order valence-electron chi connectivity index (χ4n) is 2.28. The van der Waals surface area contributed by atoms with Crippen LogP contribution in [0.5, 0.6) is 0 Å². The standard InChI is InChI=1S/C17H16F4N2O/c1-23(10-12-5-2-3-8-15(12)18)11-16(24)22-14-7-4-6-13(9-14)17(19,20)21/h2-9H,10-11H2,1H3,(H,22,24)/p+1. The summed E-state index contributed by atoms with van der Waals surface area (Å²) in [5.41, 5.74) is -0.275. The number of carbonyl (C=O) groups excluding carboxylic acids is 1. The minimum absolute atomic E-state index is 0.00454. The Hall–Kier alpha value is -2.41. The third-order valence-corrected chi connectivity index (χ3v) is 3.39. The van der Waals surface area contributed by atoms with Gasteiger partial charge < -0.3 is 10.2 Å². The van der Waals surface area contributed by atoms with Crippen LogP contribution < -0.4 is 10.2 Å². The summed E-state index contributed by atoms with van der Waals surface area (Å²) in [6, 6.07) is 10.7. The molecule has 0 aromatic heterocycles. The van der Waals surface area contributed by atoms with Gasteiger partial charge in [-0.05, 0) is 24.3 Å². The number of rotatable bonds is 5. The zero-order chi connectivity index (χ0) is 17.7. The zero-order valence-corrected chi connectivity index (χ0v) is 13.0. The molecule has 0 heterocycles. The predicted molar refractivity (Wildman–Crippen MR) is 81.9 cm³/mol. The van der Waals surface area contributed by atoms with Gasteiger partial charge in [-0.3, -0.25) is 4.79 Å². The summed E-state index contributed by atoms with van der Waals surface area (Å²) in [6.45, 7) is 0.299. The molecule has 2 aromatic carbocycles. The molecule has 0 spiro atoms. The van der Waals surface area contributed by atoms with Crippen LogP contribution in [0.4, 0.5) is 23.2 Å². The van der Waals surface area contributed by atoms with E-state index in [-0.39, 0.29) is 18.0 Å². The monoisotopic (exact) mass is 341 g/mol. The average molecular weight is 341 g/mol. The minimum atomic E-state index is -4.46. The Labute approximate surface area is 136 Å². The van der Waals surface area contributed by atoms with Crippen molar-refractivity contribution in [2.75, 3.05) is 18.9 Å². The highest BCUT2D eigenvalue weighted by atomic mass is 19.4. The molecule has 1 amide bonds. The Kier molecular flexibility index (Phi) is 5.56. The number of halogens is 4. The van der Waals surface area contributed by atoms with Crippen LogP contribution in [-0.2, 0) is 17.5 Å². The SMILES string of the molecule is C[NH+](CC(=O)Nc1cccc(C(F)(F)F)c1)Cc1ccccc1F. The number of likely N-dealkylation sites (N-methyl/N-ethyl adjacent to an activating group) is 1. The van der Waals surface area contributed by atoms with E-state index in [1.165, 1.54) is 18.2 Å². The van der Waals surface area contributed by atoms with Gasteiger partial charge in [-0.2, -0.15) is 13.2 Å². The molecule has 0 fully saturated rings. The summed E-state index contributed by atoms with van der Waals surface area (Å²) < 4.78 is 51.5. The third-order valence-electron chi connectivity index (χ3n) is 3.39. The molecule has 0 saturated heterocycles. The van der Waals surface area contributed by atoms with Crippen LogP contribution in [0, 0.1) is 5.82 Å². The van der Waals surface area contributed by atoms with Gasteiger partial charge in [0, 0.05) is 11.3 Å². The highest BCUT2D eigenvalue weighted by molar-refractivity contribution is 5.91. The number of hydrogen-bond acceptors (Lipinski definition) is 1. The summed E-state index contributed by atoms with van der Waals surface area (Å²) >= 11 is 0. The Bertz CT molecular complexity index is 716. The van der Waals surface area contributed by atoms with Gasteiger partial charge >= 0.3 is 6.18 Å². The summed E-state index contributed by atoms with van der Waals surface area (Å²) in [5, 5.41) is 2.43.